The van der Waals surface area contributed by atoms with Gasteiger partial charge in [0, 0.05) is 24.6 Å². The first-order chi connectivity index (χ1) is 5.02. The quantitative estimate of drug-likeness (QED) is 0.531. The van der Waals surface area contributed by atoms with Crippen molar-refractivity contribution in [2.45, 2.75) is 26.8 Å². The van der Waals surface area contributed by atoms with Crippen LogP contribution in [0.1, 0.15) is 20.8 Å². The summed E-state index contributed by atoms with van der Waals surface area (Å²) in [5.41, 5.74) is -0.0938. The first-order valence-electron chi connectivity index (χ1n) is 3.97. The van der Waals surface area contributed by atoms with Crippen LogP contribution in [0.5, 0.6) is 0 Å². The Kier molecular flexibility index (Phi) is 4.65. The predicted molar refractivity (Wildman–Crippen MR) is 45.4 cm³/mol. The normalized spacial score (nSPS) is 15.0. The van der Waals surface area contributed by atoms with Gasteiger partial charge in [0.2, 0.25) is 0 Å². The second kappa shape index (κ2) is 4.70. The largest absolute Gasteiger partial charge is 0.396 e. The van der Waals surface area contributed by atoms with Crippen molar-refractivity contribution in [2.24, 2.45) is 5.41 Å². The Labute approximate surface area is 68.4 Å². The van der Waals surface area contributed by atoms with Crippen LogP contribution in [-0.2, 0) is 0 Å². The lowest BCUT2D eigenvalue weighted by Crippen LogP contribution is -2.38. The van der Waals surface area contributed by atoms with Gasteiger partial charge < -0.3 is 15.5 Å². The lowest BCUT2D eigenvalue weighted by atomic mass is 9.95. The molecule has 11 heavy (non-hydrogen) atoms. The highest BCUT2D eigenvalue weighted by molar-refractivity contribution is 4.72. The maximum atomic E-state index is 8.88. The molecular formula is C8H19NO2. The van der Waals surface area contributed by atoms with E-state index in [2.05, 4.69) is 5.32 Å². The Morgan fingerprint density at radius 2 is 1.91 bits per heavy atom. The first-order valence-corrected chi connectivity index (χ1v) is 3.97. The summed E-state index contributed by atoms with van der Waals surface area (Å²) in [5, 5.41) is 20.7. The van der Waals surface area contributed by atoms with Gasteiger partial charge in [-0.15, -0.1) is 0 Å². The Bertz CT molecular complexity index is 104. The third-order valence-electron chi connectivity index (χ3n) is 1.63. The zero-order valence-electron chi connectivity index (χ0n) is 7.59. The van der Waals surface area contributed by atoms with Crippen LogP contribution in [0.15, 0.2) is 0 Å². The van der Waals surface area contributed by atoms with E-state index in [9.17, 15) is 0 Å². The number of aliphatic hydroxyl groups is 2. The summed E-state index contributed by atoms with van der Waals surface area (Å²) in [4.78, 5) is 0. The number of hydrogen-bond donors (Lipinski definition) is 3. The standard InChI is InChI=1S/C8H19NO2/c1-7(4-10)9-5-8(2,3)6-11/h7,9-11H,4-6H2,1-3H3. The molecule has 0 fully saturated rings. The molecule has 0 aromatic rings. The van der Waals surface area contributed by atoms with Crippen molar-refractivity contribution in [3.05, 3.63) is 0 Å². The van der Waals surface area contributed by atoms with E-state index in [1.54, 1.807) is 0 Å². The third-order valence-corrected chi connectivity index (χ3v) is 1.63. The highest BCUT2D eigenvalue weighted by Gasteiger charge is 2.16. The fourth-order valence-corrected chi connectivity index (χ4v) is 0.571. The SMILES string of the molecule is CC(CO)NCC(C)(C)CO. The van der Waals surface area contributed by atoms with Crippen molar-refractivity contribution < 1.29 is 10.2 Å². The summed E-state index contributed by atoms with van der Waals surface area (Å²) < 4.78 is 0. The van der Waals surface area contributed by atoms with Crippen molar-refractivity contribution >= 4 is 0 Å². The van der Waals surface area contributed by atoms with Gasteiger partial charge in [-0.05, 0) is 6.92 Å². The molecule has 0 radical (unpaired) electrons. The molecule has 0 aliphatic heterocycles. The van der Waals surface area contributed by atoms with Crippen LogP contribution in [0.2, 0.25) is 0 Å². The van der Waals surface area contributed by atoms with Crippen molar-refractivity contribution in [1.82, 2.24) is 5.32 Å². The fraction of sp³-hybridized carbons (Fsp3) is 1.00. The summed E-state index contributed by atoms with van der Waals surface area (Å²) in [6.45, 7) is 6.90. The van der Waals surface area contributed by atoms with E-state index >= 15 is 0 Å². The van der Waals surface area contributed by atoms with Crippen LogP contribution in [0, 0.1) is 5.41 Å². The van der Waals surface area contributed by atoms with Gasteiger partial charge in [-0.2, -0.15) is 0 Å². The van der Waals surface area contributed by atoms with Gasteiger partial charge in [-0.3, -0.25) is 0 Å². The molecule has 0 heterocycles. The summed E-state index contributed by atoms with van der Waals surface area (Å²) in [6.07, 6.45) is 0. The molecule has 3 heteroatoms. The van der Waals surface area contributed by atoms with Gasteiger partial charge >= 0.3 is 0 Å². The third kappa shape index (κ3) is 5.18. The number of nitrogens with one attached hydrogen (secondary N) is 1. The monoisotopic (exact) mass is 161 g/mol. The molecule has 0 amide bonds. The number of hydrogen-bond acceptors (Lipinski definition) is 3. The average molecular weight is 161 g/mol. The number of rotatable bonds is 5. The molecule has 0 aliphatic carbocycles. The smallest absolute Gasteiger partial charge is 0.0581 e. The molecule has 3 nitrogen and oxygen atoms in total. The van der Waals surface area contributed by atoms with Gasteiger partial charge in [0.05, 0.1) is 6.61 Å². The molecule has 0 aromatic carbocycles. The second-order valence-corrected chi connectivity index (χ2v) is 3.79. The maximum absolute atomic E-state index is 8.88. The van der Waals surface area contributed by atoms with Crippen molar-refractivity contribution in [3.63, 3.8) is 0 Å². The molecule has 0 bridgehead atoms. The van der Waals surface area contributed by atoms with Gasteiger partial charge in [0.25, 0.3) is 0 Å². The van der Waals surface area contributed by atoms with E-state index in [1.165, 1.54) is 0 Å². The van der Waals surface area contributed by atoms with Crippen molar-refractivity contribution in [3.8, 4) is 0 Å². The molecule has 1 atom stereocenters. The van der Waals surface area contributed by atoms with Gasteiger partial charge in [0.1, 0.15) is 0 Å². The zero-order valence-corrected chi connectivity index (χ0v) is 7.59. The van der Waals surface area contributed by atoms with Crippen LogP contribution in [0.25, 0.3) is 0 Å². The maximum Gasteiger partial charge on any atom is 0.0581 e. The van der Waals surface area contributed by atoms with E-state index in [-0.39, 0.29) is 24.7 Å². The lowest BCUT2D eigenvalue weighted by Gasteiger charge is -2.23. The van der Waals surface area contributed by atoms with Crippen molar-refractivity contribution in [2.75, 3.05) is 19.8 Å². The molecule has 0 aromatic heterocycles. The molecule has 0 rings (SSSR count). The van der Waals surface area contributed by atoms with E-state index in [0.29, 0.717) is 0 Å². The van der Waals surface area contributed by atoms with E-state index in [0.717, 1.165) is 6.54 Å². The number of aliphatic hydroxyl groups excluding tert-OH is 2. The molecule has 68 valence electrons. The Morgan fingerprint density at radius 3 is 2.27 bits per heavy atom. The minimum atomic E-state index is -0.0938. The summed E-state index contributed by atoms with van der Waals surface area (Å²) in [6, 6.07) is 0.112. The Balaban J connectivity index is 3.52. The van der Waals surface area contributed by atoms with Crippen molar-refractivity contribution in [1.29, 1.82) is 0 Å². The average Bonchev–Trinajstić information content (AvgIpc) is 2.00. The molecular weight excluding hydrogens is 142 g/mol. The van der Waals surface area contributed by atoms with E-state index < -0.39 is 0 Å². The highest BCUT2D eigenvalue weighted by atomic mass is 16.3. The minimum Gasteiger partial charge on any atom is -0.396 e. The van der Waals surface area contributed by atoms with Crippen LogP contribution in [0.3, 0.4) is 0 Å². The summed E-state index contributed by atoms with van der Waals surface area (Å²) >= 11 is 0. The molecule has 0 saturated heterocycles. The van der Waals surface area contributed by atoms with Crippen LogP contribution < -0.4 is 5.32 Å². The Morgan fingerprint density at radius 1 is 1.36 bits per heavy atom. The lowest BCUT2D eigenvalue weighted by molar-refractivity contribution is 0.147. The van der Waals surface area contributed by atoms with Gasteiger partial charge in [-0.25, -0.2) is 0 Å². The van der Waals surface area contributed by atoms with E-state index in [1.807, 2.05) is 20.8 Å². The van der Waals surface area contributed by atoms with Gasteiger partial charge in [0.15, 0.2) is 0 Å². The van der Waals surface area contributed by atoms with Crippen LogP contribution in [-0.4, -0.2) is 36.0 Å². The molecule has 1 unspecified atom stereocenters. The topological polar surface area (TPSA) is 52.5 Å². The van der Waals surface area contributed by atoms with Crippen LogP contribution in [0.4, 0.5) is 0 Å². The minimum absolute atomic E-state index is 0.0938. The van der Waals surface area contributed by atoms with E-state index in [4.69, 9.17) is 10.2 Å². The zero-order chi connectivity index (χ0) is 8.91. The Hall–Kier alpha value is -0.120. The molecule has 0 saturated carbocycles. The second-order valence-electron chi connectivity index (χ2n) is 3.79. The highest BCUT2D eigenvalue weighted by Crippen LogP contribution is 2.11. The molecule has 3 N–H and O–H groups in total. The van der Waals surface area contributed by atoms with Gasteiger partial charge in [-0.1, -0.05) is 13.8 Å². The van der Waals surface area contributed by atoms with Crippen LogP contribution >= 0.6 is 0 Å². The molecule has 0 aliphatic rings. The fourth-order valence-electron chi connectivity index (χ4n) is 0.571. The summed E-state index contributed by atoms with van der Waals surface area (Å²) in [5.74, 6) is 0. The first kappa shape index (κ1) is 10.9. The predicted octanol–water partition coefficient (Wildman–Crippen LogP) is -0.0247. The molecule has 0 spiro atoms. The summed E-state index contributed by atoms with van der Waals surface area (Å²) in [7, 11) is 0.